The molecule has 2 aromatic carbocycles. The Balaban J connectivity index is 1.51. The number of rotatable bonds is 7. The maximum Gasteiger partial charge on any atom is 0.260 e. The van der Waals surface area contributed by atoms with Gasteiger partial charge in [-0.2, -0.15) is 0 Å². The molecule has 1 aromatic heterocycles. The Bertz CT molecular complexity index is 881. The Morgan fingerprint density at radius 3 is 2.65 bits per heavy atom. The number of anilines is 1. The quantitative estimate of drug-likeness (QED) is 0.679. The molecule has 0 unspecified atom stereocenters. The topological polar surface area (TPSA) is 64.1 Å². The van der Waals surface area contributed by atoms with Gasteiger partial charge in [-0.1, -0.05) is 42.5 Å². The van der Waals surface area contributed by atoms with Gasteiger partial charge in [-0.15, -0.1) is 10.2 Å². The summed E-state index contributed by atoms with van der Waals surface area (Å²) >= 11 is 1.25. The molecule has 0 aliphatic heterocycles. The van der Waals surface area contributed by atoms with Crippen molar-refractivity contribution in [3.8, 4) is 5.75 Å². The maximum atomic E-state index is 13.6. The van der Waals surface area contributed by atoms with Crippen LogP contribution in [0.4, 0.5) is 9.52 Å². The molecule has 3 rings (SSSR count). The van der Waals surface area contributed by atoms with Crippen LogP contribution in [-0.2, 0) is 12.8 Å². The number of aryl methyl sites for hydroxylation is 1. The number of nitrogens with one attached hydrogen (secondary N) is 1. The summed E-state index contributed by atoms with van der Waals surface area (Å²) in [5.41, 5.74) is 1.24. The first-order valence-electron chi connectivity index (χ1n) is 8.25. The molecule has 0 atom stereocenters. The Kier molecular flexibility index (Phi) is 5.91. The third-order valence-electron chi connectivity index (χ3n) is 3.72. The minimum absolute atomic E-state index is 0.0249. The molecule has 1 heterocycles. The highest BCUT2D eigenvalue weighted by Gasteiger charge is 2.13. The van der Waals surface area contributed by atoms with E-state index in [4.69, 9.17) is 4.74 Å². The molecule has 0 saturated heterocycles. The molecule has 1 amide bonds. The van der Waals surface area contributed by atoms with E-state index in [-0.39, 0.29) is 5.56 Å². The fraction of sp³-hybridized carbons (Fsp3) is 0.211. The highest BCUT2D eigenvalue weighted by molar-refractivity contribution is 7.15. The van der Waals surface area contributed by atoms with Gasteiger partial charge in [-0.05, 0) is 36.2 Å². The van der Waals surface area contributed by atoms with Gasteiger partial charge in [0.1, 0.15) is 16.6 Å². The highest BCUT2D eigenvalue weighted by atomic mass is 32.1. The zero-order valence-corrected chi connectivity index (χ0v) is 15.1. The normalized spacial score (nSPS) is 10.5. The van der Waals surface area contributed by atoms with E-state index in [2.05, 4.69) is 22.4 Å². The van der Waals surface area contributed by atoms with Crippen molar-refractivity contribution in [3.05, 3.63) is 70.5 Å². The lowest BCUT2D eigenvalue weighted by Gasteiger charge is -2.05. The summed E-state index contributed by atoms with van der Waals surface area (Å²) in [5.74, 6) is -0.310. The Morgan fingerprint density at radius 1 is 1.15 bits per heavy atom. The van der Waals surface area contributed by atoms with Gasteiger partial charge < -0.3 is 4.74 Å². The van der Waals surface area contributed by atoms with Crippen molar-refractivity contribution in [2.75, 3.05) is 11.9 Å². The number of ether oxygens (including phenoxy) is 1. The Hall–Kier alpha value is -2.80. The van der Waals surface area contributed by atoms with Crippen LogP contribution in [0.2, 0.25) is 0 Å². The summed E-state index contributed by atoms with van der Waals surface area (Å²) in [6.07, 6.45) is 1.56. The van der Waals surface area contributed by atoms with Crippen molar-refractivity contribution >= 4 is 22.4 Å². The molecule has 0 saturated carbocycles. The summed E-state index contributed by atoms with van der Waals surface area (Å²) in [5, 5.41) is 11.6. The van der Waals surface area contributed by atoms with Crippen LogP contribution in [0.1, 0.15) is 27.9 Å². The van der Waals surface area contributed by atoms with E-state index < -0.39 is 11.7 Å². The van der Waals surface area contributed by atoms with Crippen molar-refractivity contribution in [2.24, 2.45) is 0 Å². The van der Waals surface area contributed by atoms with Crippen molar-refractivity contribution in [2.45, 2.75) is 19.8 Å². The standard InChI is InChI=1S/C19H18FN3O2S/c1-2-13-7-9-14(10-8-13)25-12-11-17-22-23-19(26-17)21-18(24)15-5-3-4-6-16(15)20/h3-10H,2,11-12H2,1H3,(H,21,23,24). The molecule has 0 spiro atoms. The monoisotopic (exact) mass is 371 g/mol. The zero-order valence-electron chi connectivity index (χ0n) is 14.2. The van der Waals surface area contributed by atoms with Crippen LogP contribution in [0.15, 0.2) is 48.5 Å². The average Bonchev–Trinajstić information content (AvgIpc) is 3.10. The Morgan fingerprint density at radius 2 is 1.92 bits per heavy atom. The molecular formula is C19H18FN3O2S. The number of amides is 1. The number of carbonyl (C=O) groups excluding carboxylic acids is 1. The molecule has 5 nitrogen and oxygen atoms in total. The van der Waals surface area contributed by atoms with Crippen LogP contribution < -0.4 is 10.1 Å². The molecule has 0 fully saturated rings. The van der Waals surface area contributed by atoms with Gasteiger partial charge in [-0.25, -0.2) is 4.39 Å². The fourth-order valence-corrected chi connectivity index (χ4v) is 3.01. The van der Waals surface area contributed by atoms with E-state index in [1.807, 2.05) is 24.3 Å². The van der Waals surface area contributed by atoms with Gasteiger partial charge in [0.05, 0.1) is 12.2 Å². The minimum Gasteiger partial charge on any atom is -0.493 e. The summed E-state index contributed by atoms with van der Waals surface area (Å²) in [6, 6.07) is 13.8. The van der Waals surface area contributed by atoms with E-state index in [0.717, 1.165) is 17.2 Å². The second-order valence-corrected chi connectivity index (χ2v) is 6.59. The average molecular weight is 371 g/mol. The van der Waals surface area contributed by atoms with Crippen LogP contribution in [0.3, 0.4) is 0 Å². The SMILES string of the molecule is CCc1ccc(OCCc2nnc(NC(=O)c3ccccc3F)s2)cc1. The minimum atomic E-state index is -0.572. The van der Waals surface area contributed by atoms with E-state index >= 15 is 0 Å². The third kappa shape index (κ3) is 4.64. The van der Waals surface area contributed by atoms with Gasteiger partial charge in [0.25, 0.3) is 5.91 Å². The largest absolute Gasteiger partial charge is 0.493 e. The van der Waals surface area contributed by atoms with Crippen molar-refractivity contribution in [1.29, 1.82) is 0 Å². The smallest absolute Gasteiger partial charge is 0.260 e. The molecule has 0 aliphatic rings. The van der Waals surface area contributed by atoms with Crippen LogP contribution >= 0.6 is 11.3 Å². The molecule has 0 bridgehead atoms. The fourth-order valence-electron chi connectivity index (χ4n) is 2.29. The first-order valence-corrected chi connectivity index (χ1v) is 9.07. The van der Waals surface area contributed by atoms with Crippen molar-refractivity contribution in [3.63, 3.8) is 0 Å². The molecule has 7 heteroatoms. The Labute approximate surface area is 154 Å². The molecule has 3 aromatic rings. The van der Waals surface area contributed by atoms with Crippen LogP contribution in [-0.4, -0.2) is 22.7 Å². The van der Waals surface area contributed by atoms with E-state index in [1.54, 1.807) is 6.07 Å². The van der Waals surface area contributed by atoms with Crippen LogP contribution in [0.25, 0.3) is 0 Å². The maximum absolute atomic E-state index is 13.6. The van der Waals surface area contributed by atoms with Gasteiger partial charge in [0.2, 0.25) is 5.13 Å². The van der Waals surface area contributed by atoms with Crippen LogP contribution in [0.5, 0.6) is 5.75 Å². The van der Waals surface area contributed by atoms with E-state index in [1.165, 1.54) is 35.1 Å². The molecule has 0 radical (unpaired) electrons. The van der Waals surface area contributed by atoms with Crippen LogP contribution in [0, 0.1) is 5.82 Å². The van der Waals surface area contributed by atoms with E-state index in [9.17, 15) is 9.18 Å². The lowest BCUT2D eigenvalue weighted by Crippen LogP contribution is -2.13. The predicted molar refractivity (Wildman–Crippen MR) is 99.3 cm³/mol. The first kappa shape index (κ1) is 18.0. The molecule has 134 valence electrons. The molecule has 26 heavy (non-hydrogen) atoms. The van der Waals surface area contributed by atoms with Gasteiger partial charge >= 0.3 is 0 Å². The van der Waals surface area contributed by atoms with Gasteiger partial charge in [0, 0.05) is 6.42 Å². The summed E-state index contributed by atoms with van der Waals surface area (Å²) in [4.78, 5) is 12.1. The number of aromatic nitrogens is 2. The first-order chi connectivity index (χ1) is 12.7. The second-order valence-electron chi connectivity index (χ2n) is 5.53. The number of carbonyl (C=O) groups is 1. The zero-order chi connectivity index (χ0) is 18.4. The lowest BCUT2D eigenvalue weighted by atomic mass is 10.2. The number of nitrogens with zero attached hydrogens (tertiary/aromatic N) is 2. The number of hydrogen-bond donors (Lipinski definition) is 1. The molecule has 0 aliphatic carbocycles. The predicted octanol–water partition coefficient (Wildman–Crippen LogP) is 4.11. The van der Waals surface area contributed by atoms with Gasteiger partial charge in [-0.3, -0.25) is 10.1 Å². The summed E-state index contributed by atoms with van der Waals surface area (Å²) < 4.78 is 19.3. The number of benzene rings is 2. The highest BCUT2D eigenvalue weighted by Crippen LogP contribution is 2.18. The van der Waals surface area contributed by atoms with Crippen molar-refractivity contribution in [1.82, 2.24) is 10.2 Å². The third-order valence-corrected chi connectivity index (χ3v) is 4.62. The summed E-state index contributed by atoms with van der Waals surface area (Å²) in [7, 11) is 0. The second kappa shape index (κ2) is 8.53. The lowest BCUT2D eigenvalue weighted by molar-refractivity contribution is 0.102. The summed E-state index contributed by atoms with van der Waals surface area (Å²) in [6.45, 7) is 2.56. The van der Waals surface area contributed by atoms with Gasteiger partial charge in [0.15, 0.2) is 0 Å². The number of halogens is 1. The molecular weight excluding hydrogens is 353 g/mol. The van der Waals surface area contributed by atoms with Crippen molar-refractivity contribution < 1.29 is 13.9 Å². The molecule has 1 N–H and O–H groups in total. The number of hydrogen-bond acceptors (Lipinski definition) is 5. The van der Waals surface area contributed by atoms with E-state index in [0.29, 0.717) is 18.2 Å².